The zero-order chi connectivity index (χ0) is 8.81. The molecule has 12 heavy (non-hydrogen) atoms. The lowest BCUT2D eigenvalue weighted by Crippen LogP contribution is -2.12. The first-order chi connectivity index (χ1) is 5.83. The van der Waals surface area contributed by atoms with Crippen LogP contribution in [0.4, 0.5) is 0 Å². The van der Waals surface area contributed by atoms with Crippen LogP contribution < -0.4 is 5.32 Å². The Labute approximate surface area is 73.3 Å². The van der Waals surface area contributed by atoms with E-state index in [2.05, 4.69) is 22.9 Å². The minimum atomic E-state index is 0.841. The van der Waals surface area contributed by atoms with Crippen molar-refractivity contribution in [3.63, 3.8) is 0 Å². The van der Waals surface area contributed by atoms with E-state index in [1.165, 1.54) is 11.1 Å². The van der Waals surface area contributed by atoms with Crippen LogP contribution in [-0.2, 0) is 6.54 Å². The van der Waals surface area contributed by atoms with Gasteiger partial charge in [0.15, 0.2) is 0 Å². The SMILES string of the molecule is C=CCNCc1cncc(C)c1. The molecule has 0 atom stereocenters. The minimum absolute atomic E-state index is 0.841. The lowest BCUT2D eigenvalue weighted by atomic mass is 10.2. The second kappa shape index (κ2) is 4.67. The van der Waals surface area contributed by atoms with Gasteiger partial charge in [-0.2, -0.15) is 0 Å². The van der Waals surface area contributed by atoms with Crippen molar-refractivity contribution in [2.45, 2.75) is 13.5 Å². The lowest BCUT2D eigenvalue weighted by molar-refractivity contribution is 0.756. The largest absolute Gasteiger partial charge is 0.309 e. The maximum absolute atomic E-state index is 4.10. The van der Waals surface area contributed by atoms with Gasteiger partial charge in [-0.1, -0.05) is 12.1 Å². The molecule has 0 saturated carbocycles. The maximum Gasteiger partial charge on any atom is 0.0313 e. The van der Waals surface area contributed by atoms with Gasteiger partial charge < -0.3 is 5.32 Å². The standard InChI is InChI=1S/C10H14N2/c1-3-4-11-7-10-5-9(2)6-12-8-10/h3,5-6,8,11H,1,4,7H2,2H3. The van der Waals surface area contributed by atoms with Gasteiger partial charge in [0.05, 0.1) is 0 Å². The van der Waals surface area contributed by atoms with Crippen molar-refractivity contribution in [3.05, 3.63) is 42.2 Å². The summed E-state index contributed by atoms with van der Waals surface area (Å²) in [5, 5.41) is 3.22. The molecule has 0 radical (unpaired) electrons. The Morgan fingerprint density at radius 1 is 1.58 bits per heavy atom. The third-order valence-corrected chi connectivity index (χ3v) is 1.55. The second-order valence-electron chi connectivity index (χ2n) is 2.79. The summed E-state index contributed by atoms with van der Waals surface area (Å²) in [5.41, 5.74) is 2.42. The third-order valence-electron chi connectivity index (χ3n) is 1.55. The van der Waals surface area contributed by atoms with E-state index in [4.69, 9.17) is 0 Å². The Hall–Kier alpha value is -1.15. The van der Waals surface area contributed by atoms with Gasteiger partial charge >= 0.3 is 0 Å². The number of hydrogen-bond donors (Lipinski definition) is 1. The van der Waals surface area contributed by atoms with Gasteiger partial charge in [0.2, 0.25) is 0 Å². The van der Waals surface area contributed by atoms with Gasteiger partial charge in [-0.05, 0) is 18.1 Å². The molecule has 0 aliphatic carbocycles. The van der Waals surface area contributed by atoms with E-state index in [0.717, 1.165) is 13.1 Å². The highest BCUT2D eigenvalue weighted by Crippen LogP contribution is 1.99. The Bertz CT molecular complexity index is 256. The summed E-state index contributed by atoms with van der Waals surface area (Å²) in [6, 6.07) is 2.13. The van der Waals surface area contributed by atoms with Crippen LogP contribution in [0.3, 0.4) is 0 Å². The number of aromatic nitrogens is 1. The Kier molecular flexibility index (Phi) is 3.48. The number of pyridine rings is 1. The number of hydrogen-bond acceptors (Lipinski definition) is 2. The third kappa shape index (κ3) is 2.84. The van der Waals surface area contributed by atoms with Crippen LogP contribution in [0.25, 0.3) is 0 Å². The number of nitrogens with one attached hydrogen (secondary N) is 1. The quantitative estimate of drug-likeness (QED) is 0.538. The van der Waals surface area contributed by atoms with Crippen molar-refractivity contribution in [2.24, 2.45) is 0 Å². The monoisotopic (exact) mass is 162 g/mol. The zero-order valence-electron chi connectivity index (χ0n) is 7.38. The molecular weight excluding hydrogens is 148 g/mol. The van der Waals surface area contributed by atoms with E-state index in [1.54, 1.807) is 0 Å². The molecule has 1 rings (SSSR count). The molecule has 0 aliphatic heterocycles. The van der Waals surface area contributed by atoms with Crippen LogP contribution in [0.15, 0.2) is 31.1 Å². The van der Waals surface area contributed by atoms with Gasteiger partial charge in [0.25, 0.3) is 0 Å². The van der Waals surface area contributed by atoms with Crippen molar-refractivity contribution in [1.82, 2.24) is 10.3 Å². The van der Waals surface area contributed by atoms with Crippen LogP contribution in [0.1, 0.15) is 11.1 Å². The van der Waals surface area contributed by atoms with E-state index < -0.39 is 0 Å². The topological polar surface area (TPSA) is 24.9 Å². The Balaban J connectivity index is 2.46. The zero-order valence-corrected chi connectivity index (χ0v) is 7.38. The summed E-state index contributed by atoms with van der Waals surface area (Å²) in [4.78, 5) is 4.10. The smallest absolute Gasteiger partial charge is 0.0313 e. The highest BCUT2D eigenvalue weighted by atomic mass is 14.8. The Morgan fingerprint density at radius 2 is 2.42 bits per heavy atom. The number of rotatable bonds is 4. The molecule has 2 nitrogen and oxygen atoms in total. The summed E-state index contributed by atoms with van der Waals surface area (Å²) in [6.45, 7) is 7.38. The van der Waals surface area contributed by atoms with Crippen molar-refractivity contribution >= 4 is 0 Å². The summed E-state index contributed by atoms with van der Waals surface area (Å²) in [6.07, 6.45) is 5.59. The predicted molar refractivity (Wildman–Crippen MR) is 50.9 cm³/mol. The number of nitrogens with zero attached hydrogens (tertiary/aromatic N) is 1. The molecule has 0 fully saturated rings. The summed E-state index contributed by atoms with van der Waals surface area (Å²) in [7, 11) is 0. The molecule has 1 heterocycles. The first-order valence-corrected chi connectivity index (χ1v) is 4.05. The Morgan fingerprint density at radius 3 is 3.08 bits per heavy atom. The second-order valence-corrected chi connectivity index (χ2v) is 2.79. The summed E-state index contributed by atoms with van der Waals surface area (Å²) in [5.74, 6) is 0. The van der Waals surface area contributed by atoms with E-state index >= 15 is 0 Å². The fraction of sp³-hybridized carbons (Fsp3) is 0.300. The van der Waals surface area contributed by atoms with E-state index in [1.807, 2.05) is 25.4 Å². The number of aryl methyl sites for hydroxylation is 1. The molecular formula is C10H14N2. The van der Waals surface area contributed by atoms with E-state index in [9.17, 15) is 0 Å². The molecule has 2 heteroatoms. The van der Waals surface area contributed by atoms with Crippen molar-refractivity contribution in [3.8, 4) is 0 Å². The van der Waals surface area contributed by atoms with Crippen molar-refractivity contribution < 1.29 is 0 Å². The molecule has 0 aromatic carbocycles. The van der Waals surface area contributed by atoms with E-state index in [0.29, 0.717) is 0 Å². The van der Waals surface area contributed by atoms with Gasteiger partial charge in [-0.3, -0.25) is 4.98 Å². The van der Waals surface area contributed by atoms with Crippen LogP contribution in [0, 0.1) is 6.92 Å². The normalized spacial score (nSPS) is 9.75. The fourth-order valence-corrected chi connectivity index (χ4v) is 1.03. The first kappa shape index (κ1) is 8.94. The molecule has 1 aromatic heterocycles. The minimum Gasteiger partial charge on any atom is -0.309 e. The average Bonchev–Trinajstić information content (AvgIpc) is 2.05. The molecule has 0 spiro atoms. The lowest BCUT2D eigenvalue weighted by Gasteiger charge is -2.01. The van der Waals surface area contributed by atoms with Crippen LogP contribution in [0.5, 0.6) is 0 Å². The van der Waals surface area contributed by atoms with Crippen LogP contribution in [-0.4, -0.2) is 11.5 Å². The molecule has 1 aromatic rings. The van der Waals surface area contributed by atoms with Crippen molar-refractivity contribution in [2.75, 3.05) is 6.54 Å². The highest BCUT2D eigenvalue weighted by molar-refractivity contribution is 5.16. The van der Waals surface area contributed by atoms with Gasteiger partial charge in [0.1, 0.15) is 0 Å². The predicted octanol–water partition coefficient (Wildman–Crippen LogP) is 1.67. The molecule has 64 valence electrons. The highest BCUT2D eigenvalue weighted by Gasteiger charge is 1.91. The first-order valence-electron chi connectivity index (χ1n) is 4.05. The molecule has 0 saturated heterocycles. The fourth-order valence-electron chi connectivity index (χ4n) is 1.03. The van der Waals surface area contributed by atoms with E-state index in [-0.39, 0.29) is 0 Å². The molecule has 0 aliphatic rings. The summed E-state index contributed by atoms with van der Waals surface area (Å²) < 4.78 is 0. The maximum atomic E-state index is 4.10. The molecule has 0 bridgehead atoms. The van der Waals surface area contributed by atoms with Crippen molar-refractivity contribution in [1.29, 1.82) is 0 Å². The van der Waals surface area contributed by atoms with Gasteiger partial charge in [-0.15, -0.1) is 6.58 Å². The van der Waals surface area contributed by atoms with Crippen LogP contribution in [0.2, 0.25) is 0 Å². The molecule has 1 N–H and O–H groups in total. The van der Waals surface area contributed by atoms with Gasteiger partial charge in [0, 0.05) is 25.5 Å². The van der Waals surface area contributed by atoms with Gasteiger partial charge in [-0.25, -0.2) is 0 Å². The van der Waals surface area contributed by atoms with Crippen LogP contribution >= 0.6 is 0 Å². The molecule has 0 unspecified atom stereocenters. The summed E-state index contributed by atoms with van der Waals surface area (Å²) >= 11 is 0. The average molecular weight is 162 g/mol. The molecule has 0 amide bonds.